The predicted octanol–water partition coefficient (Wildman–Crippen LogP) is 5.18. The van der Waals surface area contributed by atoms with E-state index in [9.17, 15) is 0 Å². The molecule has 2 nitrogen and oxygen atoms in total. The molecule has 2 atom stereocenters. The molecule has 0 amide bonds. The number of benzene rings is 1. The Hall–Kier alpha value is -1.54. The van der Waals surface area contributed by atoms with Crippen molar-refractivity contribution in [3.63, 3.8) is 0 Å². The van der Waals surface area contributed by atoms with Crippen LogP contribution in [0.5, 0.6) is 0 Å². The third-order valence-corrected chi connectivity index (χ3v) is 4.11. The van der Waals surface area contributed by atoms with E-state index in [0.29, 0.717) is 0 Å². The molecule has 2 aromatic rings. The number of furan rings is 1. The molecule has 1 aromatic carbocycles. The first-order valence-corrected chi connectivity index (χ1v) is 8.16. The largest absolute Gasteiger partial charge is 0.467 e. The first-order chi connectivity index (χ1) is 10.3. The summed E-state index contributed by atoms with van der Waals surface area (Å²) in [6.07, 6.45) is 6.88. The zero-order valence-corrected chi connectivity index (χ0v) is 13.2. The van der Waals surface area contributed by atoms with Gasteiger partial charge in [-0.2, -0.15) is 0 Å². The van der Waals surface area contributed by atoms with Crippen molar-refractivity contribution < 1.29 is 4.42 Å². The summed E-state index contributed by atoms with van der Waals surface area (Å²) in [7, 11) is 0. The van der Waals surface area contributed by atoms with Gasteiger partial charge in [0, 0.05) is 0 Å². The predicted molar refractivity (Wildman–Crippen MR) is 88.3 cm³/mol. The second-order valence-corrected chi connectivity index (χ2v) is 5.68. The lowest BCUT2D eigenvalue weighted by atomic mass is 9.97. The Bertz CT molecular complexity index is 478. The van der Waals surface area contributed by atoms with Crippen LogP contribution in [-0.4, -0.2) is 6.54 Å². The summed E-state index contributed by atoms with van der Waals surface area (Å²) in [6, 6.07) is 14.7. The fourth-order valence-electron chi connectivity index (χ4n) is 2.71. The van der Waals surface area contributed by atoms with Crippen LogP contribution in [0.4, 0.5) is 0 Å². The van der Waals surface area contributed by atoms with Gasteiger partial charge in [0.05, 0.1) is 12.3 Å². The molecule has 0 aliphatic rings. The van der Waals surface area contributed by atoms with Gasteiger partial charge in [-0.1, -0.05) is 63.4 Å². The molecule has 0 saturated heterocycles. The van der Waals surface area contributed by atoms with Crippen LogP contribution in [0, 0.1) is 5.92 Å². The number of rotatable bonds is 9. The second-order valence-electron chi connectivity index (χ2n) is 5.68. The minimum absolute atomic E-state index is 0.150. The van der Waals surface area contributed by atoms with Gasteiger partial charge in [-0.25, -0.2) is 0 Å². The van der Waals surface area contributed by atoms with Crippen LogP contribution in [0.1, 0.15) is 56.9 Å². The van der Waals surface area contributed by atoms with Crippen molar-refractivity contribution in [1.82, 2.24) is 5.32 Å². The van der Waals surface area contributed by atoms with Crippen LogP contribution in [0.2, 0.25) is 0 Å². The number of hydrogen-bond acceptors (Lipinski definition) is 2. The molecule has 2 rings (SSSR count). The molecule has 1 N–H and O–H groups in total. The molecule has 0 aliphatic heterocycles. The highest BCUT2D eigenvalue weighted by molar-refractivity contribution is 5.26. The fourth-order valence-corrected chi connectivity index (χ4v) is 2.71. The quantitative estimate of drug-likeness (QED) is 0.687. The van der Waals surface area contributed by atoms with Gasteiger partial charge in [0.1, 0.15) is 5.76 Å². The molecule has 0 radical (unpaired) electrons. The Labute approximate surface area is 128 Å². The van der Waals surface area contributed by atoms with Gasteiger partial charge in [0.25, 0.3) is 0 Å². The maximum atomic E-state index is 5.63. The average molecular weight is 285 g/mol. The SMILES string of the molecule is CCCCC(CC)CNC(c1ccccc1)c1ccco1. The molecule has 114 valence electrons. The molecule has 0 saturated carbocycles. The molecule has 2 heteroatoms. The Morgan fingerprint density at radius 2 is 1.86 bits per heavy atom. The molecule has 1 aromatic heterocycles. The highest BCUT2D eigenvalue weighted by Crippen LogP contribution is 2.23. The van der Waals surface area contributed by atoms with Crippen molar-refractivity contribution in [2.75, 3.05) is 6.54 Å². The fraction of sp³-hybridized carbons (Fsp3) is 0.474. The Balaban J connectivity index is 2.03. The van der Waals surface area contributed by atoms with E-state index in [1.807, 2.05) is 6.07 Å². The van der Waals surface area contributed by atoms with Crippen LogP contribution in [0.3, 0.4) is 0 Å². The van der Waals surface area contributed by atoms with Crippen molar-refractivity contribution in [2.45, 2.75) is 45.6 Å². The molecule has 1 heterocycles. The lowest BCUT2D eigenvalue weighted by molar-refractivity contribution is 0.379. The zero-order chi connectivity index (χ0) is 14.9. The molecule has 0 bridgehead atoms. The third-order valence-electron chi connectivity index (χ3n) is 4.11. The van der Waals surface area contributed by atoms with E-state index >= 15 is 0 Å². The number of unbranched alkanes of at least 4 members (excludes halogenated alkanes) is 1. The molecule has 0 fully saturated rings. The first-order valence-electron chi connectivity index (χ1n) is 8.16. The monoisotopic (exact) mass is 285 g/mol. The molecular weight excluding hydrogens is 258 g/mol. The van der Waals surface area contributed by atoms with Gasteiger partial charge in [-0.3, -0.25) is 0 Å². The summed E-state index contributed by atoms with van der Waals surface area (Å²) in [5.41, 5.74) is 1.26. The van der Waals surface area contributed by atoms with Crippen LogP contribution in [0.15, 0.2) is 53.1 Å². The Morgan fingerprint density at radius 3 is 2.48 bits per heavy atom. The van der Waals surface area contributed by atoms with Gasteiger partial charge in [-0.15, -0.1) is 0 Å². The standard InChI is InChI=1S/C19H27NO/c1-3-5-10-16(4-2)15-20-19(18-13-9-14-21-18)17-11-7-6-8-12-17/h6-9,11-14,16,19-20H,3-5,10,15H2,1-2H3. The lowest BCUT2D eigenvalue weighted by Gasteiger charge is -2.21. The average Bonchev–Trinajstić information content (AvgIpc) is 3.06. The molecule has 0 aliphatic carbocycles. The van der Waals surface area contributed by atoms with Crippen molar-refractivity contribution in [3.05, 3.63) is 60.1 Å². The summed E-state index contributed by atoms with van der Waals surface area (Å²) >= 11 is 0. The first kappa shape index (κ1) is 15.8. The molecule has 0 spiro atoms. The van der Waals surface area contributed by atoms with Gasteiger partial charge in [-0.05, 0) is 36.6 Å². The minimum atomic E-state index is 0.150. The highest BCUT2D eigenvalue weighted by atomic mass is 16.3. The molecule has 21 heavy (non-hydrogen) atoms. The van der Waals surface area contributed by atoms with Crippen molar-refractivity contribution in [1.29, 1.82) is 0 Å². The topological polar surface area (TPSA) is 25.2 Å². The van der Waals surface area contributed by atoms with Crippen molar-refractivity contribution in [2.24, 2.45) is 5.92 Å². The van der Waals surface area contributed by atoms with Crippen molar-refractivity contribution >= 4 is 0 Å². The summed E-state index contributed by atoms with van der Waals surface area (Å²) in [5.74, 6) is 1.73. The van der Waals surface area contributed by atoms with E-state index in [2.05, 4.69) is 55.6 Å². The van der Waals surface area contributed by atoms with Gasteiger partial charge >= 0.3 is 0 Å². The van der Waals surface area contributed by atoms with E-state index in [1.165, 1.54) is 31.2 Å². The van der Waals surface area contributed by atoms with Gasteiger partial charge in [0.15, 0.2) is 0 Å². The molecular formula is C19H27NO. The zero-order valence-electron chi connectivity index (χ0n) is 13.2. The van der Waals surface area contributed by atoms with E-state index in [0.717, 1.165) is 18.2 Å². The smallest absolute Gasteiger partial charge is 0.125 e. The normalized spacial score (nSPS) is 14.0. The van der Waals surface area contributed by atoms with Crippen LogP contribution >= 0.6 is 0 Å². The van der Waals surface area contributed by atoms with Crippen LogP contribution in [0.25, 0.3) is 0 Å². The maximum Gasteiger partial charge on any atom is 0.125 e. The third kappa shape index (κ3) is 4.75. The maximum absolute atomic E-state index is 5.63. The van der Waals surface area contributed by atoms with E-state index in [1.54, 1.807) is 6.26 Å². The minimum Gasteiger partial charge on any atom is -0.467 e. The van der Waals surface area contributed by atoms with E-state index in [-0.39, 0.29) is 6.04 Å². The summed E-state index contributed by atoms with van der Waals surface area (Å²) in [6.45, 7) is 5.58. The van der Waals surface area contributed by atoms with E-state index < -0.39 is 0 Å². The summed E-state index contributed by atoms with van der Waals surface area (Å²) in [5, 5.41) is 3.70. The highest BCUT2D eigenvalue weighted by Gasteiger charge is 2.17. The van der Waals surface area contributed by atoms with Gasteiger partial charge in [0.2, 0.25) is 0 Å². The number of hydrogen-bond donors (Lipinski definition) is 1. The van der Waals surface area contributed by atoms with Gasteiger partial charge < -0.3 is 9.73 Å². The lowest BCUT2D eigenvalue weighted by Crippen LogP contribution is -2.28. The van der Waals surface area contributed by atoms with Crippen LogP contribution in [-0.2, 0) is 0 Å². The van der Waals surface area contributed by atoms with Crippen LogP contribution < -0.4 is 5.32 Å². The number of nitrogens with one attached hydrogen (secondary N) is 1. The Morgan fingerprint density at radius 1 is 1.05 bits per heavy atom. The Kier molecular flexibility index (Phi) is 6.55. The van der Waals surface area contributed by atoms with Crippen molar-refractivity contribution in [3.8, 4) is 0 Å². The van der Waals surface area contributed by atoms with E-state index in [4.69, 9.17) is 4.42 Å². The second kappa shape index (κ2) is 8.68. The molecule has 2 unspecified atom stereocenters. The summed E-state index contributed by atoms with van der Waals surface area (Å²) in [4.78, 5) is 0. The summed E-state index contributed by atoms with van der Waals surface area (Å²) < 4.78 is 5.63.